The summed E-state index contributed by atoms with van der Waals surface area (Å²) in [5.74, 6) is -0.147. The molecule has 1 fully saturated rings. The first-order valence-corrected chi connectivity index (χ1v) is 7.83. The molecule has 0 bridgehead atoms. The lowest BCUT2D eigenvalue weighted by atomic mass is 10.3. The minimum atomic E-state index is -4.59. The maximum atomic E-state index is 13.2. The normalized spacial score (nSPS) is 15.0. The van der Waals surface area contributed by atoms with E-state index in [1.807, 2.05) is 0 Å². The fourth-order valence-electron chi connectivity index (χ4n) is 2.05. The highest BCUT2D eigenvalue weighted by molar-refractivity contribution is 6.40. The fourth-order valence-corrected chi connectivity index (χ4v) is 3.03. The topological polar surface area (TPSA) is 27.1 Å². The zero-order valence-corrected chi connectivity index (χ0v) is 13.8. The Morgan fingerprint density at radius 3 is 2.30 bits per heavy atom. The number of hydrogen-bond acceptors (Lipinski definition) is 2. The summed E-state index contributed by atoms with van der Waals surface area (Å²) in [4.78, 5) is 0. The second kappa shape index (κ2) is 6.07. The predicted octanol–water partition coefficient (Wildman–Crippen LogP) is 5.64. The van der Waals surface area contributed by atoms with Crippen molar-refractivity contribution in [2.45, 2.75) is 19.0 Å². The van der Waals surface area contributed by atoms with Crippen LogP contribution in [-0.4, -0.2) is 16.4 Å². The highest BCUT2D eigenvalue weighted by atomic mass is 35.5. The first-order valence-electron chi connectivity index (χ1n) is 6.70. The van der Waals surface area contributed by atoms with Crippen molar-refractivity contribution in [3.05, 3.63) is 39.0 Å². The average molecular weight is 386 g/mol. The molecule has 1 aromatic heterocycles. The maximum Gasteiger partial charge on any atom is 0.423 e. The van der Waals surface area contributed by atoms with Gasteiger partial charge in [-0.2, -0.15) is 23.0 Å². The third kappa shape index (κ3) is 3.54. The van der Waals surface area contributed by atoms with Crippen molar-refractivity contribution in [2.75, 3.05) is 6.61 Å². The summed E-state index contributed by atoms with van der Waals surface area (Å²) in [7, 11) is 0. The molecule has 9 heteroatoms. The van der Waals surface area contributed by atoms with E-state index in [1.165, 1.54) is 12.1 Å². The lowest BCUT2D eigenvalue weighted by molar-refractivity contribution is -0.139. The van der Waals surface area contributed by atoms with Gasteiger partial charge in [0.25, 0.3) is 0 Å². The second-order valence-electron chi connectivity index (χ2n) is 5.25. The van der Waals surface area contributed by atoms with Crippen molar-refractivity contribution >= 4 is 34.8 Å². The molecule has 0 radical (unpaired) electrons. The summed E-state index contributed by atoms with van der Waals surface area (Å²) < 4.78 is 45.8. The van der Waals surface area contributed by atoms with Crippen molar-refractivity contribution in [2.24, 2.45) is 5.92 Å². The lowest BCUT2D eigenvalue weighted by Gasteiger charge is -2.14. The molecule has 0 N–H and O–H groups in total. The zero-order valence-electron chi connectivity index (χ0n) is 11.5. The molecule has 0 atom stereocenters. The van der Waals surface area contributed by atoms with Crippen molar-refractivity contribution in [3.8, 4) is 11.6 Å². The SMILES string of the molecule is FC(F)(F)c1cnn(-c2c(Cl)cc(Cl)cc2Cl)c1OCC1CC1. The van der Waals surface area contributed by atoms with Gasteiger partial charge in [-0.05, 0) is 30.9 Å². The average Bonchev–Trinajstić information content (AvgIpc) is 3.14. The zero-order chi connectivity index (χ0) is 16.8. The van der Waals surface area contributed by atoms with Gasteiger partial charge in [-0.3, -0.25) is 0 Å². The van der Waals surface area contributed by atoms with Gasteiger partial charge in [0.2, 0.25) is 5.88 Å². The third-order valence-electron chi connectivity index (χ3n) is 3.38. The number of ether oxygens (including phenoxy) is 1. The smallest absolute Gasteiger partial charge is 0.423 e. The summed E-state index contributed by atoms with van der Waals surface area (Å²) in [6.07, 6.45) is -2.01. The third-order valence-corrected chi connectivity index (χ3v) is 4.17. The van der Waals surface area contributed by atoms with E-state index in [0.717, 1.165) is 17.5 Å². The minimum Gasteiger partial charge on any atom is -0.477 e. The quantitative estimate of drug-likeness (QED) is 0.681. The standard InChI is InChI=1S/C14H10Cl3F3N2O/c15-8-3-10(16)12(11(17)4-8)22-13(23-6-7-1-2-7)9(5-21-22)14(18,19)20/h3-5,7H,1-2,6H2. The Balaban J connectivity index is 2.09. The number of rotatable bonds is 4. The molecule has 3 nitrogen and oxygen atoms in total. The van der Waals surface area contributed by atoms with Crippen molar-refractivity contribution in [1.29, 1.82) is 0 Å². The van der Waals surface area contributed by atoms with E-state index in [1.54, 1.807) is 0 Å². The summed E-state index contributed by atoms with van der Waals surface area (Å²) in [6, 6.07) is 2.76. The molecular weight excluding hydrogens is 376 g/mol. The van der Waals surface area contributed by atoms with Gasteiger partial charge >= 0.3 is 6.18 Å². The molecule has 0 unspecified atom stereocenters. The van der Waals surface area contributed by atoms with Gasteiger partial charge in [-0.25, -0.2) is 0 Å². The van der Waals surface area contributed by atoms with E-state index in [4.69, 9.17) is 39.5 Å². The number of nitrogens with zero attached hydrogens (tertiary/aromatic N) is 2. The highest BCUT2D eigenvalue weighted by Crippen LogP contribution is 2.41. The first-order chi connectivity index (χ1) is 10.8. The number of benzene rings is 1. The van der Waals surface area contributed by atoms with E-state index < -0.39 is 17.6 Å². The van der Waals surface area contributed by atoms with Crippen LogP contribution in [0.15, 0.2) is 18.3 Å². The Morgan fingerprint density at radius 1 is 1.17 bits per heavy atom. The molecule has 3 rings (SSSR count). The molecule has 0 spiro atoms. The molecule has 1 aromatic carbocycles. The van der Waals surface area contributed by atoms with Gasteiger partial charge in [0.1, 0.15) is 11.3 Å². The van der Waals surface area contributed by atoms with Crippen LogP contribution < -0.4 is 4.74 Å². The van der Waals surface area contributed by atoms with Crippen LogP contribution in [0.25, 0.3) is 5.69 Å². The molecule has 0 amide bonds. The van der Waals surface area contributed by atoms with Gasteiger partial charge in [0.05, 0.1) is 22.8 Å². The number of aromatic nitrogens is 2. The lowest BCUT2D eigenvalue weighted by Crippen LogP contribution is -2.12. The summed E-state index contributed by atoms with van der Waals surface area (Å²) in [5, 5.41) is 4.19. The van der Waals surface area contributed by atoms with Crippen LogP contribution >= 0.6 is 34.8 Å². The molecule has 0 aliphatic heterocycles. The fraction of sp³-hybridized carbons (Fsp3) is 0.357. The highest BCUT2D eigenvalue weighted by Gasteiger charge is 2.39. The van der Waals surface area contributed by atoms with Crippen molar-refractivity contribution in [1.82, 2.24) is 9.78 Å². The van der Waals surface area contributed by atoms with Crippen LogP contribution in [0.3, 0.4) is 0 Å². The second-order valence-corrected chi connectivity index (χ2v) is 6.50. The molecule has 124 valence electrons. The van der Waals surface area contributed by atoms with Crippen LogP contribution in [-0.2, 0) is 6.18 Å². The van der Waals surface area contributed by atoms with E-state index in [-0.39, 0.29) is 33.3 Å². The molecular formula is C14H10Cl3F3N2O. The van der Waals surface area contributed by atoms with Crippen LogP contribution in [0.2, 0.25) is 15.1 Å². The summed E-state index contributed by atoms with van der Waals surface area (Å²) in [6.45, 7) is 0.192. The molecule has 1 aliphatic rings. The monoisotopic (exact) mass is 384 g/mol. The Labute approximate surface area is 144 Å². The van der Waals surface area contributed by atoms with Crippen molar-refractivity contribution < 1.29 is 17.9 Å². The van der Waals surface area contributed by atoms with E-state index in [2.05, 4.69) is 5.10 Å². The van der Waals surface area contributed by atoms with Gasteiger partial charge in [0, 0.05) is 5.02 Å². The number of hydrogen-bond donors (Lipinski definition) is 0. The van der Waals surface area contributed by atoms with Gasteiger partial charge in [-0.15, -0.1) is 0 Å². The summed E-state index contributed by atoms with van der Waals surface area (Å²) >= 11 is 18.0. The number of alkyl halides is 3. The van der Waals surface area contributed by atoms with Gasteiger partial charge < -0.3 is 4.74 Å². The Bertz CT molecular complexity index is 718. The van der Waals surface area contributed by atoms with Gasteiger partial charge in [-0.1, -0.05) is 34.8 Å². The molecule has 0 saturated heterocycles. The maximum absolute atomic E-state index is 13.2. The minimum absolute atomic E-state index is 0.0793. The van der Waals surface area contributed by atoms with E-state index in [0.29, 0.717) is 6.20 Å². The Morgan fingerprint density at radius 2 is 1.78 bits per heavy atom. The van der Waals surface area contributed by atoms with Crippen LogP contribution in [0, 0.1) is 5.92 Å². The van der Waals surface area contributed by atoms with Crippen LogP contribution in [0.1, 0.15) is 18.4 Å². The largest absolute Gasteiger partial charge is 0.477 e. The van der Waals surface area contributed by atoms with E-state index in [9.17, 15) is 13.2 Å². The Kier molecular flexibility index (Phi) is 4.42. The van der Waals surface area contributed by atoms with E-state index >= 15 is 0 Å². The predicted molar refractivity (Wildman–Crippen MR) is 81.8 cm³/mol. The molecule has 1 saturated carbocycles. The van der Waals surface area contributed by atoms with Crippen molar-refractivity contribution in [3.63, 3.8) is 0 Å². The number of halogens is 6. The van der Waals surface area contributed by atoms with Gasteiger partial charge in [0.15, 0.2) is 0 Å². The van der Waals surface area contributed by atoms with Crippen LogP contribution in [0.5, 0.6) is 5.88 Å². The van der Waals surface area contributed by atoms with Crippen LogP contribution in [0.4, 0.5) is 13.2 Å². The summed E-state index contributed by atoms with van der Waals surface area (Å²) in [5.41, 5.74) is -0.876. The first kappa shape index (κ1) is 16.7. The molecule has 1 aliphatic carbocycles. The molecule has 2 aromatic rings. The molecule has 1 heterocycles. The Hall–Kier alpha value is -1.11. The molecule has 23 heavy (non-hydrogen) atoms.